The first kappa shape index (κ1) is 13.4. The van der Waals surface area contributed by atoms with Crippen molar-refractivity contribution in [3.05, 3.63) is 34.9 Å². The lowest BCUT2D eigenvalue weighted by molar-refractivity contribution is -0.144. The van der Waals surface area contributed by atoms with Gasteiger partial charge in [-0.3, -0.25) is 4.79 Å². The summed E-state index contributed by atoms with van der Waals surface area (Å²) in [6.45, 7) is 2.37. The summed E-state index contributed by atoms with van der Waals surface area (Å²) in [6.07, 6.45) is 3.95. The van der Waals surface area contributed by atoms with Crippen molar-refractivity contribution in [3.63, 3.8) is 0 Å². The van der Waals surface area contributed by atoms with Crippen LogP contribution in [0.25, 0.3) is 0 Å². The highest BCUT2D eigenvalue weighted by molar-refractivity contribution is 6.30. The molecule has 0 radical (unpaired) electrons. The first-order valence-corrected chi connectivity index (χ1v) is 6.99. The number of ether oxygens (including phenoxy) is 1. The fourth-order valence-corrected chi connectivity index (χ4v) is 2.91. The van der Waals surface area contributed by atoms with E-state index in [1.165, 1.54) is 12.0 Å². The Morgan fingerprint density at radius 3 is 3.00 bits per heavy atom. The highest BCUT2D eigenvalue weighted by atomic mass is 35.5. The Hall–Kier alpha value is -1.02. The van der Waals surface area contributed by atoms with E-state index in [0.717, 1.165) is 17.9 Å². The lowest BCUT2D eigenvalue weighted by Crippen LogP contribution is -2.16. The molecular weight excluding hydrogens is 248 g/mol. The number of hydrogen-bond acceptors (Lipinski definition) is 2. The van der Waals surface area contributed by atoms with Crippen LogP contribution in [0.15, 0.2) is 24.3 Å². The topological polar surface area (TPSA) is 26.3 Å². The highest BCUT2D eigenvalue weighted by Gasteiger charge is 2.29. The van der Waals surface area contributed by atoms with Gasteiger partial charge >= 0.3 is 5.97 Å². The molecule has 2 atom stereocenters. The maximum absolute atomic E-state index is 11.2. The fraction of sp³-hybridized carbons (Fsp3) is 0.533. The van der Waals surface area contributed by atoms with Crippen LogP contribution in [0.4, 0.5) is 0 Å². The van der Waals surface area contributed by atoms with E-state index in [4.69, 9.17) is 16.3 Å². The van der Waals surface area contributed by atoms with Crippen LogP contribution in [0.1, 0.15) is 44.1 Å². The van der Waals surface area contributed by atoms with Gasteiger partial charge in [-0.1, -0.05) is 37.1 Å². The summed E-state index contributed by atoms with van der Waals surface area (Å²) >= 11 is 6.04. The molecule has 2 rings (SSSR count). The molecule has 0 bridgehead atoms. The average molecular weight is 267 g/mol. The monoisotopic (exact) mass is 266 g/mol. The van der Waals surface area contributed by atoms with Gasteiger partial charge in [0.05, 0.1) is 6.61 Å². The van der Waals surface area contributed by atoms with Crippen LogP contribution < -0.4 is 0 Å². The van der Waals surface area contributed by atoms with E-state index in [1.807, 2.05) is 25.1 Å². The highest BCUT2D eigenvalue weighted by Crippen LogP contribution is 2.40. The average Bonchev–Trinajstić information content (AvgIpc) is 2.84. The Labute approximate surface area is 113 Å². The van der Waals surface area contributed by atoms with Gasteiger partial charge < -0.3 is 4.74 Å². The zero-order valence-electron chi connectivity index (χ0n) is 10.7. The van der Waals surface area contributed by atoms with Gasteiger partial charge in [-0.15, -0.1) is 0 Å². The number of benzene rings is 1. The summed E-state index contributed by atoms with van der Waals surface area (Å²) in [6, 6.07) is 8.04. The fourth-order valence-electron chi connectivity index (χ4n) is 2.71. The zero-order chi connectivity index (χ0) is 13.0. The summed E-state index contributed by atoms with van der Waals surface area (Å²) < 4.78 is 5.29. The van der Waals surface area contributed by atoms with Crippen LogP contribution in [-0.4, -0.2) is 12.6 Å². The van der Waals surface area contributed by atoms with Crippen LogP contribution in [-0.2, 0) is 9.53 Å². The Morgan fingerprint density at radius 1 is 1.44 bits per heavy atom. The molecule has 1 aliphatic rings. The smallest absolute Gasteiger partial charge is 0.305 e. The van der Waals surface area contributed by atoms with E-state index in [0.29, 0.717) is 24.9 Å². The Bertz CT molecular complexity index is 417. The number of rotatable bonds is 4. The maximum atomic E-state index is 11.2. The van der Waals surface area contributed by atoms with Gasteiger partial charge in [0, 0.05) is 11.4 Å². The largest absolute Gasteiger partial charge is 0.465 e. The van der Waals surface area contributed by atoms with E-state index < -0.39 is 0 Å². The van der Waals surface area contributed by atoms with Crippen molar-refractivity contribution < 1.29 is 9.53 Å². The molecule has 1 aromatic rings. The molecule has 0 spiro atoms. The molecule has 0 aliphatic heterocycles. The lowest BCUT2D eigenvalue weighted by atomic mass is 9.89. The molecule has 0 amide bonds. The molecule has 1 aliphatic carbocycles. The molecule has 2 unspecified atom stereocenters. The van der Waals surface area contributed by atoms with Crippen molar-refractivity contribution in [1.29, 1.82) is 0 Å². The predicted octanol–water partition coefficient (Wildman–Crippen LogP) is 4.18. The predicted molar refractivity (Wildman–Crippen MR) is 72.8 cm³/mol. The lowest BCUT2D eigenvalue weighted by Gasteiger charge is -2.20. The Morgan fingerprint density at radius 2 is 2.28 bits per heavy atom. The number of hydrogen-bond donors (Lipinski definition) is 0. The third-order valence-electron chi connectivity index (χ3n) is 3.68. The second kappa shape index (κ2) is 6.24. The van der Waals surface area contributed by atoms with Crippen molar-refractivity contribution >= 4 is 17.6 Å². The molecule has 1 fully saturated rings. The van der Waals surface area contributed by atoms with Crippen LogP contribution in [0.2, 0.25) is 5.02 Å². The molecule has 0 heterocycles. The molecule has 1 saturated carbocycles. The van der Waals surface area contributed by atoms with Gasteiger partial charge in [-0.2, -0.15) is 0 Å². The minimum absolute atomic E-state index is 0.105. The third kappa shape index (κ3) is 3.26. The number of carbonyl (C=O) groups is 1. The summed E-state index contributed by atoms with van der Waals surface area (Å²) in [5, 5.41) is 0.781. The van der Waals surface area contributed by atoms with Crippen molar-refractivity contribution in [2.45, 2.75) is 38.5 Å². The van der Waals surface area contributed by atoms with E-state index >= 15 is 0 Å². The minimum Gasteiger partial charge on any atom is -0.465 e. The standard InChI is InChI=1S/C15H19ClO2/c1-2-15(17)18-10-12-6-4-8-14(12)11-5-3-7-13(16)9-11/h3,5,7,9,12,14H,2,4,6,8,10H2,1H3. The normalized spacial score (nSPS) is 23.0. The van der Waals surface area contributed by atoms with Crippen molar-refractivity contribution in [2.24, 2.45) is 5.92 Å². The summed E-state index contributed by atoms with van der Waals surface area (Å²) in [4.78, 5) is 11.2. The summed E-state index contributed by atoms with van der Waals surface area (Å²) in [5.41, 5.74) is 1.28. The molecule has 2 nitrogen and oxygen atoms in total. The van der Waals surface area contributed by atoms with Gasteiger partial charge in [0.25, 0.3) is 0 Å². The quantitative estimate of drug-likeness (QED) is 0.765. The second-order valence-corrected chi connectivity index (χ2v) is 5.33. The van der Waals surface area contributed by atoms with E-state index in [9.17, 15) is 4.79 Å². The van der Waals surface area contributed by atoms with Gasteiger partial charge in [-0.25, -0.2) is 0 Å². The van der Waals surface area contributed by atoms with E-state index in [2.05, 4.69) is 6.07 Å². The van der Waals surface area contributed by atoms with Crippen LogP contribution >= 0.6 is 11.6 Å². The van der Waals surface area contributed by atoms with Crippen molar-refractivity contribution in [2.75, 3.05) is 6.61 Å². The molecular formula is C15H19ClO2. The van der Waals surface area contributed by atoms with Crippen LogP contribution in [0.5, 0.6) is 0 Å². The molecule has 98 valence electrons. The molecule has 0 saturated heterocycles. The van der Waals surface area contributed by atoms with Crippen molar-refractivity contribution in [3.8, 4) is 0 Å². The number of carbonyl (C=O) groups excluding carboxylic acids is 1. The molecule has 1 aromatic carbocycles. The molecule has 3 heteroatoms. The first-order chi connectivity index (χ1) is 8.70. The SMILES string of the molecule is CCC(=O)OCC1CCCC1c1cccc(Cl)c1. The maximum Gasteiger partial charge on any atom is 0.305 e. The minimum atomic E-state index is -0.105. The number of esters is 1. The number of halogens is 1. The zero-order valence-corrected chi connectivity index (χ0v) is 11.5. The van der Waals surface area contributed by atoms with Gasteiger partial charge in [0.1, 0.15) is 0 Å². The molecule has 0 aromatic heterocycles. The third-order valence-corrected chi connectivity index (χ3v) is 3.92. The van der Waals surface area contributed by atoms with Crippen molar-refractivity contribution in [1.82, 2.24) is 0 Å². The van der Waals surface area contributed by atoms with E-state index in [-0.39, 0.29) is 5.97 Å². The molecule has 0 N–H and O–H groups in total. The Balaban J connectivity index is 2.01. The van der Waals surface area contributed by atoms with Crippen LogP contribution in [0.3, 0.4) is 0 Å². The van der Waals surface area contributed by atoms with E-state index in [1.54, 1.807) is 0 Å². The summed E-state index contributed by atoms with van der Waals surface area (Å²) in [7, 11) is 0. The second-order valence-electron chi connectivity index (χ2n) is 4.89. The van der Waals surface area contributed by atoms with Gasteiger partial charge in [-0.05, 0) is 42.4 Å². The van der Waals surface area contributed by atoms with Gasteiger partial charge in [0.15, 0.2) is 0 Å². The Kier molecular flexibility index (Phi) is 4.65. The first-order valence-electron chi connectivity index (χ1n) is 6.61. The molecule has 18 heavy (non-hydrogen) atoms. The van der Waals surface area contributed by atoms with Crippen LogP contribution in [0, 0.1) is 5.92 Å². The summed E-state index contributed by atoms with van der Waals surface area (Å²) in [5.74, 6) is 0.819. The van der Waals surface area contributed by atoms with Gasteiger partial charge in [0.2, 0.25) is 0 Å².